The van der Waals surface area contributed by atoms with Gasteiger partial charge in [0, 0.05) is 0 Å². The molecule has 4 atom stereocenters. The van der Waals surface area contributed by atoms with Crippen molar-refractivity contribution >= 4 is 17.5 Å². The van der Waals surface area contributed by atoms with Gasteiger partial charge in [-0.2, -0.15) is 0 Å². The van der Waals surface area contributed by atoms with Gasteiger partial charge in [0.05, 0.1) is 17.5 Å². The van der Waals surface area contributed by atoms with Gasteiger partial charge in [-0.05, 0) is 62.6 Å². The minimum atomic E-state index is -0.114. The maximum atomic E-state index is 13.0. The highest BCUT2D eigenvalue weighted by Crippen LogP contribution is 2.60. The van der Waals surface area contributed by atoms with E-state index in [-0.39, 0.29) is 23.7 Å². The smallest absolute Gasteiger partial charge is 0.238 e. The molecule has 2 aliphatic carbocycles. The molecule has 0 spiro atoms. The normalized spacial score (nSPS) is 31.1. The van der Waals surface area contributed by atoms with Crippen LogP contribution >= 0.6 is 0 Å². The number of fused-ring (bicyclic) bond motifs is 5. The molecule has 1 aromatic rings. The number of anilines is 1. The van der Waals surface area contributed by atoms with E-state index in [0.29, 0.717) is 11.8 Å². The molecule has 1 saturated heterocycles. The lowest BCUT2D eigenvalue weighted by Crippen LogP contribution is -2.33. The second kappa shape index (κ2) is 5.58. The van der Waals surface area contributed by atoms with Crippen molar-refractivity contribution < 1.29 is 9.59 Å². The average Bonchev–Trinajstić information content (AvgIpc) is 3.19. The molecule has 24 heavy (non-hydrogen) atoms. The maximum Gasteiger partial charge on any atom is 0.238 e. The van der Waals surface area contributed by atoms with Gasteiger partial charge in [-0.3, -0.25) is 14.5 Å². The molecule has 2 saturated carbocycles. The van der Waals surface area contributed by atoms with Crippen LogP contribution in [0.1, 0.15) is 45.6 Å². The van der Waals surface area contributed by atoms with E-state index in [0.717, 1.165) is 31.4 Å². The first kappa shape index (κ1) is 15.6. The van der Waals surface area contributed by atoms with Gasteiger partial charge in [0.15, 0.2) is 0 Å². The van der Waals surface area contributed by atoms with E-state index in [1.807, 2.05) is 24.3 Å². The highest BCUT2D eigenvalue weighted by atomic mass is 16.2. The zero-order valence-electron chi connectivity index (χ0n) is 14.7. The molecule has 2 amide bonds. The number of carbonyl (C=O) groups is 2. The summed E-state index contributed by atoms with van der Waals surface area (Å²) in [5.74, 6) is 0.419. The Balaban J connectivity index is 1.67. The van der Waals surface area contributed by atoms with E-state index in [2.05, 4.69) is 20.8 Å². The number of nitrogens with zero attached hydrogens (tertiary/aromatic N) is 1. The van der Waals surface area contributed by atoms with E-state index < -0.39 is 0 Å². The Labute approximate surface area is 143 Å². The molecule has 0 radical (unpaired) electrons. The van der Waals surface area contributed by atoms with Crippen molar-refractivity contribution in [1.29, 1.82) is 0 Å². The summed E-state index contributed by atoms with van der Waals surface area (Å²) in [6, 6.07) is 7.96. The Morgan fingerprint density at radius 1 is 1.00 bits per heavy atom. The number of benzene rings is 1. The van der Waals surface area contributed by atoms with Crippen molar-refractivity contribution in [2.45, 2.75) is 46.5 Å². The molecule has 3 fully saturated rings. The quantitative estimate of drug-likeness (QED) is 0.620. The first-order chi connectivity index (χ1) is 11.5. The first-order valence-corrected chi connectivity index (χ1v) is 9.18. The molecule has 1 heterocycles. The number of amides is 2. The third kappa shape index (κ3) is 2.03. The van der Waals surface area contributed by atoms with E-state index in [1.165, 1.54) is 21.6 Å². The summed E-state index contributed by atoms with van der Waals surface area (Å²) in [5, 5.41) is 0. The second-order valence-electron chi connectivity index (χ2n) is 7.73. The Hall–Kier alpha value is -1.90. The fraction of sp³-hybridized carbons (Fsp3) is 0.524. The van der Waals surface area contributed by atoms with Crippen molar-refractivity contribution in [1.82, 2.24) is 0 Å². The van der Waals surface area contributed by atoms with E-state index in [9.17, 15) is 9.59 Å². The van der Waals surface area contributed by atoms with Crippen LogP contribution in [0.15, 0.2) is 35.4 Å². The lowest BCUT2D eigenvalue weighted by atomic mass is 9.81. The number of allylic oxidation sites excluding steroid dienone is 2. The van der Waals surface area contributed by atoms with Crippen LogP contribution in [0.25, 0.3) is 0 Å². The molecule has 2 bridgehead atoms. The van der Waals surface area contributed by atoms with Crippen LogP contribution in [0.4, 0.5) is 5.69 Å². The zero-order chi connectivity index (χ0) is 17.0. The standard InChI is InChI=1S/C21H25NO2/c1-4-5-13-6-8-14(9-7-13)22-20(23)18-15-10-11-16(17(15)12(2)3)19(18)21(22)24/h6-9,15-16,18-19H,4-5,10-11H2,1-3H3/t15-,16-,18-,19-/m0/s1. The summed E-state index contributed by atoms with van der Waals surface area (Å²) >= 11 is 0. The summed E-state index contributed by atoms with van der Waals surface area (Å²) < 4.78 is 0. The zero-order valence-corrected chi connectivity index (χ0v) is 14.7. The topological polar surface area (TPSA) is 37.4 Å². The number of aryl methyl sites for hydroxylation is 1. The lowest BCUT2D eigenvalue weighted by Gasteiger charge is -2.19. The molecule has 3 nitrogen and oxygen atoms in total. The molecule has 0 unspecified atom stereocenters. The minimum Gasteiger partial charge on any atom is -0.274 e. The van der Waals surface area contributed by atoms with Gasteiger partial charge < -0.3 is 0 Å². The van der Waals surface area contributed by atoms with Crippen LogP contribution in [0.5, 0.6) is 0 Å². The molecular weight excluding hydrogens is 298 g/mol. The number of hydrogen-bond donors (Lipinski definition) is 0. The van der Waals surface area contributed by atoms with Crippen LogP contribution in [-0.4, -0.2) is 11.8 Å². The summed E-state index contributed by atoms with van der Waals surface area (Å²) in [7, 11) is 0. The van der Waals surface area contributed by atoms with Crippen LogP contribution in [0.3, 0.4) is 0 Å². The number of hydrogen-bond acceptors (Lipinski definition) is 2. The van der Waals surface area contributed by atoms with E-state index in [1.54, 1.807) is 0 Å². The lowest BCUT2D eigenvalue weighted by molar-refractivity contribution is -0.123. The van der Waals surface area contributed by atoms with Gasteiger partial charge in [0.2, 0.25) is 11.8 Å². The molecular formula is C21H25NO2. The first-order valence-electron chi connectivity index (χ1n) is 9.18. The maximum absolute atomic E-state index is 13.0. The molecule has 3 aliphatic rings. The third-order valence-electron chi connectivity index (χ3n) is 6.16. The highest BCUT2D eigenvalue weighted by molar-refractivity contribution is 6.23. The molecule has 4 rings (SSSR count). The van der Waals surface area contributed by atoms with Crippen molar-refractivity contribution in [3.05, 3.63) is 41.0 Å². The Kier molecular flexibility index (Phi) is 3.63. The van der Waals surface area contributed by atoms with Crippen LogP contribution in [0.2, 0.25) is 0 Å². The SMILES string of the molecule is CCCc1ccc(N2C(=O)[C@@H]3[C@@H](C2=O)[C@H]2CC[C@H]3C2=C(C)C)cc1. The Bertz CT molecular complexity index is 695. The van der Waals surface area contributed by atoms with Gasteiger partial charge in [0.1, 0.15) is 0 Å². The van der Waals surface area contributed by atoms with E-state index in [4.69, 9.17) is 0 Å². The van der Waals surface area contributed by atoms with Crippen molar-refractivity contribution in [2.75, 3.05) is 4.90 Å². The Morgan fingerprint density at radius 3 is 2.00 bits per heavy atom. The summed E-state index contributed by atoms with van der Waals surface area (Å²) in [6.07, 6.45) is 4.25. The average molecular weight is 323 g/mol. The van der Waals surface area contributed by atoms with Crippen LogP contribution in [0, 0.1) is 23.7 Å². The van der Waals surface area contributed by atoms with Crippen LogP contribution in [-0.2, 0) is 16.0 Å². The molecule has 0 N–H and O–H groups in total. The fourth-order valence-electron chi connectivity index (χ4n) is 5.35. The minimum absolute atomic E-state index is 0.0270. The monoisotopic (exact) mass is 323 g/mol. The molecule has 126 valence electrons. The van der Waals surface area contributed by atoms with Gasteiger partial charge in [-0.15, -0.1) is 0 Å². The predicted octanol–water partition coefficient (Wildman–Crippen LogP) is 4.12. The largest absolute Gasteiger partial charge is 0.274 e. The van der Waals surface area contributed by atoms with Crippen molar-refractivity contribution in [3.63, 3.8) is 0 Å². The van der Waals surface area contributed by atoms with E-state index >= 15 is 0 Å². The number of imide groups is 1. The highest BCUT2D eigenvalue weighted by Gasteiger charge is 2.63. The van der Waals surface area contributed by atoms with Crippen molar-refractivity contribution in [3.8, 4) is 0 Å². The summed E-state index contributed by atoms with van der Waals surface area (Å²) in [6.45, 7) is 6.40. The molecule has 1 aliphatic heterocycles. The van der Waals surface area contributed by atoms with Gasteiger partial charge in [0.25, 0.3) is 0 Å². The Morgan fingerprint density at radius 2 is 1.54 bits per heavy atom. The van der Waals surface area contributed by atoms with Gasteiger partial charge >= 0.3 is 0 Å². The molecule has 0 aromatic heterocycles. The fourth-order valence-corrected chi connectivity index (χ4v) is 5.35. The van der Waals surface area contributed by atoms with Gasteiger partial charge in [-0.1, -0.05) is 36.6 Å². The second-order valence-corrected chi connectivity index (χ2v) is 7.73. The number of rotatable bonds is 3. The summed E-state index contributed by atoms with van der Waals surface area (Å²) in [4.78, 5) is 27.6. The van der Waals surface area contributed by atoms with Crippen LogP contribution < -0.4 is 4.90 Å². The number of carbonyl (C=O) groups excluding carboxylic acids is 2. The molecule has 1 aromatic carbocycles. The summed E-state index contributed by atoms with van der Waals surface area (Å²) in [5.41, 5.74) is 4.72. The third-order valence-corrected chi connectivity index (χ3v) is 6.16. The predicted molar refractivity (Wildman–Crippen MR) is 94.5 cm³/mol. The van der Waals surface area contributed by atoms with Crippen molar-refractivity contribution in [2.24, 2.45) is 23.7 Å². The molecule has 3 heteroatoms. The van der Waals surface area contributed by atoms with Gasteiger partial charge in [-0.25, -0.2) is 0 Å².